The summed E-state index contributed by atoms with van der Waals surface area (Å²) in [7, 11) is 2.01. The third-order valence-electron chi connectivity index (χ3n) is 4.87. The summed E-state index contributed by atoms with van der Waals surface area (Å²) >= 11 is 0. The zero-order valence-corrected chi connectivity index (χ0v) is 16.0. The summed E-state index contributed by atoms with van der Waals surface area (Å²) < 4.78 is 0. The monoisotopic (exact) mass is 331 g/mol. The largest absolute Gasteiger partial charge is 0.369 e. The van der Waals surface area contributed by atoms with Gasteiger partial charge >= 0.3 is 0 Å². The van der Waals surface area contributed by atoms with Crippen molar-refractivity contribution in [3.05, 3.63) is 29.8 Å². The van der Waals surface area contributed by atoms with E-state index in [0.29, 0.717) is 18.4 Å². The maximum Gasteiger partial charge on any atom is 0.149 e. The normalized spacial score (nSPS) is 16.4. The summed E-state index contributed by atoms with van der Waals surface area (Å²) in [5, 5.41) is 0. The van der Waals surface area contributed by atoms with Crippen molar-refractivity contribution in [1.82, 2.24) is 9.80 Å². The zero-order chi connectivity index (χ0) is 17.7. The van der Waals surface area contributed by atoms with Gasteiger partial charge in [0.05, 0.1) is 6.54 Å². The fourth-order valence-corrected chi connectivity index (χ4v) is 3.12. The molecule has 4 nitrogen and oxygen atoms in total. The van der Waals surface area contributed by atoms with Crippen LogP contribution in [0.25, 0.3) is 0 Å². The summed E-state index contributed by atoms with van der Waals surface area (Å²) in [6.45, 7) is 14.3. The molecule has 0 saturated carbocycles. The minimum atomic E-state index is 0.110. The van der Waals surface area contributed by atoms with E-state index in [-0.39, 0.29) is 5.92 Å². The highest BCUT2D eigenvalue weighted by Gasteiger charge is 2.19. The number of rotatable bonds is 7. The lowest BCUT2D eigenvalue weighted by Crippen LogP contribution is -2.48. The second-order valence-corrected chi connectivity index (χ2v) is 7.58. The van der Waals surface area contributed by atoms with Gasteiger partial charge in [0.25, 0.3) is 0 Å². The fraction of sp³-hybridized carbons (Fsp3) is 0.650. The predicted molar refractivity (Wildman–Crippen MR) is 102 cm³/mol. The predicted octanol–water partition coefficient (Wildman–Crippen LogP) is 2.87. The Morgan fingerprint density at radius 2 is 1.62 bits per heavy atom. The maximum absolute atomic E-state index is 11.8. The number of piperazine rings is 1. The average Bonchev–Trinajstić information content (AvgIpc) is 2.55. The lowest BCUT2D eigenvalue weighted by molar-refractivity contribution is -0.122. The molecule has 24 heavy (non-hydrogen) atoms. The van der Waals surface area contributed by atoms with Gasteiger partial charge in [-0.25, -0.2) is 0 Å². The van der Waals surface area contributed by atoms with Crippen LogP contribution in [0, 0.1) is 5.92 Å². The third-order valence-corrected chi connectivity index (χ3v) is 4.87. The lowest BCUT2D eigenvalue weighted by atomic mass is 10.1. The number of hydrogen-bond donors (Lipinski definition) is 0. The highest BCUT2D eigenvalue weighted by atomic mass is 16.1. The molecule has 0 aromatic heterocycles. The Hall–Kier alpha value is -1.39. The third kappa shape index (κ3) is 5.32. The molecule has 1 aliphatic heterocycles. The number of nitrogens with zero attached hydrogens (tertiary/aromatic N) is 3. The molecule has 1 heterocycles. The first-order valence-electron chi connectivity index (χ1n) is 9.16. The Bertz CT molecular complexity index is 516. The van der Waals surface area contributed by atoms with Gasteiger partial charge in [0.2, 0.25) is 0 Å². The second-order valence-electron chi connectivity index (χ2n) is 7.58. The van der Waals surface area contributed by atoms with Gasteiger partial charge in [-0.05, 0) is 38.6 Å². The van der Waals surface area contributed by atoms with E-state index in [1.807, 2.05) is 20.9 Å². The fourth-order valence-electron chi connectivity index (χ4n) is 3.12. The molecule has 0 spiro atoms. The van der Waals surface area contributed by atoms with Crippen molar-refractivity contribution >= 4 is 11.5 Å². The molecular weight excluding hydrogens is 298 g/mol. The minimum Gasteiger partial charge on any atom is -0.369 e. The minimum absolute atomic E-state index is 0.110. The van der Waals surface area contributed by atoms with Crippen LogP contribution < -0.4 is 4.90 Å². The number of ketones is 1. The van der Waals surface area contributed by atoms with Crippen LogP contribution in [0.1, 0.15) is 33.3 Å². The van der Waals surface area contributed by atoms with Crippen molar-refractivity contribution in [2.24, 2.45) is 5.92 Å². The van der Waals surface area contributed by atoms with Crippen molar-refractivity contribution < 1.29 is 4.79 Å². The second kappa shape index (κ2) is 8.63. The van der Waals surface area contributed by atoms with Gasteiger partial charge < -0.3 is 4.90 Å². The van der Waals surface area contributed by atoms with E-state index in [9.17, 15) is 4.79 Å². The molecule has 0 bridgehead atoms. The number of carbonyl (C=O) groups excluding carboxylic acids is 1. The van der Waals surface area contributed by atoms with E-state index in [0.717, 1.165) is 32.7 Å². The van der Waals surface area contributed by atoms with Crippen LogP contribution in [0.15, 0.2) is 24.3 Å². The van der Waals surface area contributed by atoms with Crippen molar-refractivity contribution in [3.8, 4) is 0 Å². The van der Waals surface area contributed by atoms with Gasteiger partial charge in [0, 0.05) is 50.4 Å². The molecule has 0 radical (unpaired) electrons. The topological polar surface area (TPSA) is 26.8 Å². The van der Waals surface area contributed by atoms with Gasteiger partial charge in [-0.2, -0.15) is 0 Å². The molecule has 0 atom stereocenters. The average molecular weight is 332 g/mol. The molecular formula is C20H33N3O. The zero-order valence-electron chi connectivity index (χ0n) is 16.0. The number of anilines is 1. The van der Waals surface area contributed by atoms with Crippen molar-refractivity contribution in [2.45, 2.75) is 40.3 Å². The van der Waals surface area contributed by atoms with Gasteiger partial charge in [-0.1, -0.05) is 26.0 Å². The Balaban J connectivity index is 1.86. The number of benzene rings is 1. The van der Waals surface area contributed by atoms with Crippen molar-refractivity contribution in [1.29, 1.82) is 0 Å². The summed E-state index contributed by atoms with van der Waals surface area (Å²) in [6, 6.07) is 9.47. The summed E-state index contributed by atoms with van der Waals surface area (Å²) in [5.41, 5.74) is 2.57. The Labute approximate surface area is 147 Å². The molecule has 1 aromatic carbocycles. The number of hydrogen-bond acceptors (Lipinski definition) is 4. The molecule has 4 heteroatoms. The Morgan fingerprint density at radius 3 is 2.12 bits per heavy atom. The molecule has 0 N–H and O–H groups in total. The van der Waals surface area contributed by atoms with Crippen molar-refractivity contribution in [2.75, 3.05) is 44.7 Å². The molecule has 134 valence electrons. The molecule has 1 aliphatic rings. The van der Waals surface area contributed by atoms with Crippen LogP contribution in [0.2, 0.25) is 0 Å². The first kappa shape index (κ1) is 18.9. The summed E-state index contributed by atoms with van der Waals surface area (Å²) in [4.78, 5) is 18.9. The number of likely N-dealkylation sites (N-methyl/N-ethyl adjacent to an activating group) is 1. The van der Waals surface area contributed by atoms with Crippen molar-refractivity contribution in [3.63, 3.8) is 0 Å². The molecule has 0 unspecified atom stereocenters. The van der Waals surface area contributed by atoms with Crippen LogP contribution in [0.3, 0.4) is 0 Å². The van der Waals surface area contributed by atoms with Crippen LogP contribution in [0.4, 0.5) is 5.69 Å². The Kier molecular flexibility index (Phi) is 6.81. The van der Waals surface area contributed by atoms with Gasteiger partial charge in [-0.3, -0.25) is 14.6 Å². The van der Waals surface area contributed by atoms with E-state index in [1.54, 1.807) is 0 Å². The first-order chi connectivity index (χ1) is 11.4. The molecule has 1 fully saturated rings. The van der Waals surface area contributed by atoms with Gasteiger partial charge in [0.15, 0.2) is 0 Å². The van der Waals surface area contributed by atoms with E-state index < -0.39 is 0 Å². The number of carbonyl (C=O) groups is 1. The van der Waals surface area contributed by atoms with Crippen LogP contribution >= 0.6 is 0 Å². The van der Waals surface area contributed by atoms with Crippen LogP contribution in [-0.2, 0) is 11.3 Å². The lowest BCUT2D eigenvalue weighted by Gasteiger charge is -2.38. The van der Waals surface area contributed by atoms with E-state index in [1.165, 1.54) is 11.3 Å². The smallest absolute Gasteiger partial charge is 0.149 e. The molecule has 0 amide bonds. The van der Waals surface area contributed by atoms with Gasteiger partial charge in [0.1, 0.15) is 5.78 Å². The standard InChI is InChI=1S/C20H33N3O/c1-16(2)20(24)15-21(5)14-18-6-8-19(9-7-18)23-12-10-22(11-13-23)17(3)4/h6-9,16-17H,10-15H2,1-5H3. The summed E-state index contributed by atoms with van der Waals surface area (Å²) in [5.74, 6) is 0.413. The van der Waals surface area contributed by atoms with Gasteiger partial charge in [-0.15, -0.1) is 0 Å². The highest BCUT2D eigenvalue weighted by molar-refractivity contribution is 5.82. The first-order valence-corrected chi connectivity index (χ1v) is 9.16. The molecule has 1 saturated heterocycles. The molecule has 1 aromatic rings. The van der Waals surface area contributed by atoms with Crippen LogP contribution in [-0.4, -0.2) is 61.4 Å². The maximum atomic E-state index is 11.8. The Morgan fingerprint density at radius 1 is 1.04 bits per heavy atom. The highest BCUT2D eigenvalue weighted by Crippen LogP contribution is 2.18. The van der Waals surface area contributed by atoms with E-state index in [4.69, 9.17) is 0 Å². The SMILES string of the molecule is CC(C)C(=O)CN(C)Cc1ccc(N2CCN(C(C)C)CC2)cc1. The number of Topliss-reactive ketones (excluding diaryl/α,β-unsaturated/α-hetero) is 1. The summed E-state index contributed by atoms with van der Waals surface area (Å²) in [6.07, 6.45) is 0. The molecule has 2 rings (SSSR count). The quantitative estimate of drug-likeness (QED) is 0.768. The van der Waals surface area contributed by atoms with E-state index in [2.05, 4.69) is 52.8 Å². The van der Waals surface area contributed by atoms with Crippen LogP contribution in [0.5, 0.6) is 0 Å². The molecule has 0 aliphatic carbocycles. The van der Waals surface area contributed by atoms with E-state index >= 15 is 0 Å².